The summed E-state index contributed by atoms with van der Waals surface area (Å²) >= 11 is 0. The van der Waals surface area contributed by atoms with E-state index in [0.29, 0.717) is 12.7 Å². The lowest BCUT2D eigenvalue weighted by Crippen LogP contribution is -2.25. The van der Waals surface area contributed by atoms with Crippen LogP contribution < -0.4 is 14.8 Å². The van der Waals surface area contributed by atoms with Gasteiger partial charge in [0, 0.05) is 19.7 Å². The van der Waals surface area contributed by atoms with Gasteiger partial charge in [0.25, 0.3) is 0 Å². The molecule has 0 unspecified atom stereocenters. The van der Waals surface area contributed by atoms with E-state index >= 15 is 0 Å². The van der Waals surface area contributed by atoms with E-state index < -0.39 is 0 Å². The number of benzene rings is 1. The summed E-state index contributed by atoms with van der Waals surface area (Å²) in [7, 11) is 0. The molecular formula is C18H29NO3. The SMILES string of the molecule is CCOc1cc(CNC[C@H]2CCCO2)ccc1O[C@H](C)CC. The maximum absolute atomic E-state index is 5.92. The third-order valence-corrected chi connectivity index (χ3v) is 3.94. The van der Waals surface area contributed by atoms with E-state index in [1.807, 2.05) is 13.0 Å². The standard InChI is InChI=1S/C18H29NO3/c1-4-14(3)22-17-9-8-15(11-18(17)20-5-2)12-19-13-16-7-6-10-21-16/h8-9,11,14,16,19H,4-7,10,12-13H2,1-3H3/t14-,16-/m1/s1. The van der Waals surface area contributed by atoms with Gasteiger partial charge in [-0.25, -0.2) is 0 Å². The third kappa shape index (κ3) is 5.18. The Labute approximate surface area is 134 Å². The molecule has 2 rings (SSSR count). The number of nitrogens with one attached hydrogen (secondary N) is 1. The van der Waals surface area contributed by atoms with Crippen molar-refractivity contribution in [1.29, 1.82) is 0 Å². The maximum atomic E-state index is 5.92. The molecule has 2 atom stereocenters. The van der Waals surface area contributed by atoms with Crippen molar-refractivity contribution >= 4 is 0 Å². The highest BCUT2D eigenvalue weighted by atomic mass is 16.5. The minimum Gasteiger partial charge on any atom is -0.490 e. The molecule has 1 N–H and O–H groups in total. The fourth-order valence-electron chi connectivity index (χ4n) is 2.51. The van der Waals surface area contributed by atoms with Crippen LogP contribution in [0.5, 0.6) is 11.5 Å². The van der Waals surface area contributed by atoms with Gasteiger partial charge in [-0.15, -0.1) is 0 Å². The van der Waals surface area contributed by atoms with Gasteiger partial charge in [-0.1, -0.05) is 13.0 Å². The second-order valence-electron chi connectivity index (χ2n) is 5.82. The summed E-state index contributed by atoms with van der Waals surface area (Å²) < 4.78 is 17.3. The summed E-state index contributed by atoms with van der Waals surface area (Å²) in [5.74, 6) is 1.67. The van der Waals surface area contributed by atoms with Crippen LogP contribution in [0, 0.1) is 0 Å². The lowest BCUT2D eigenvalue weighted by Gasteiger charge is -2.17. The van der Waals surface area contributed by atoms with Gasteiger partial charge in [0.15, 0.2) is 11.5 Å². The Morgan fingerprint density at radius 1 is 1.32 bits per heavy atom. The van der Waals surface area contributed by atoms with Crippen molar-refractivity contribution in [2.24, 2.45) is 0 Å². The molecule has 0 radical (unpaired) electrons. The molecule has 1 heterocycles. The fourth-order valence-corrected chi connectivity index (χ4v) is 2.51. The zero-order valence-electron chi connectivity index (χ0n) is 14.1. The third-order valence-electron chi connectivity index (χ3n) is 3.94. The van der Waals surface area contributed by atoms with E-state index in [2.05, 4.69) is 31.3 Å². The molecular weight excluding hydrogens is 278 g/mol. The molecule has 0 bridgehead atoms. The molecule has 1 aliphatic rings. The number of ether oxygens (including phenoxy) is 3. The lowest BCUT2D eigenvalue weighted by molar-refractivity contribution is 0.110. The fraction of sp³-hybridized carbons (Fsp3) is 0.667. The van der Waals surface area contributed by atoms with Crippen LogP contribution in [0.3, 0.4) is 0 Å². The van der Waals surface area contributed by atoms with Crippen LogP contribution in [0.15, 0.2) is 18.2 Å². The molecule has 4 heteroatoms. The largest absolute Gasteiger partial charge is 0.490 e. The smallest absolute Gasteiger partial charge is 0.161 e. The van der Waals surface area contributed by atoms with Crippen LogP contribution in [0.1, 0.15) is 45.6 Å². The Balaban J connectivity index is 1.91. The molecule has 0 aliphatic carbocycles. The number of hydrogen-bond donors (Lipinski definition) is 1. The molecule has 1 aromatic carbocycles. The van der Waals surface area contributed by atoms with Crippen LogP contribution in [0.4, 0.5) is 0 Å². The van der Waals surface area contributed by atoms with Crippen molar-refractivity contribution < 1.29 is 14.2 Å². The van der Waals surface area contributed by atoms with Crippen molar-refractivity contribution in [2.75, 3.05) is 19.8 Å². The van der Waals surface area contributed by atoms with Crippen molar-refractivity contribution in [2.45, 2.75) is 58.8 Å². The van der Waals surface area contributed by atoms with E-state index in [1.165, 1.54) is 18.4 Å². The summed E-state index contributed by atoms with van der Waals surface area (Å²) in [6.45, 7) is 9.47. The van der Waals surface area contributed by atoms with Gasteiger partial charge in [-0.2, -0.15) is 0 Å². The Morgan fingerprint density at radius 2 is 2.18 bits per heavy atom. The van der Waals surface area contributed by atoms with Crippen LogP contribution in [-0.2, 0) is 11.3 Å². The van der Waals surface area contributed by atoms with Crippen molar-refractivity contribution in [3.63, 3.8) is 0 Å². The molecule has 124 valence electrons. The zero-order chi connectivity index (χ0) is 15.8. The highest BCUT2D eigenvalue weighted by Crippen LogP contribution is 2.29. The molecule has 0 aromatic heterocycles. The Kier molecular flexibility index (Phi) is 7.00. The van der Waals surface area contributed by atoms with Crippen LogP contribution in [0.2, 0.25) is 0 Å². The van der Waals surface area contributed by atoms with Gasteiger partial charge in [-0.3, -0.25) is 0 Å². The minimum atomic E-state index is 0.197. The summed E-state index contributed by atoms with van der Waals surface area (Å²) in [5.41, 5.74) is 1.21. The van der Waals surface area contributed by atoms with Crippen molar-refractivity contribution in [1.82, 2.24) is 5.32 Å². The first-order chi connectivity index (χ1) is 10.7. The van der Waals surface area contributed by atoms with Crippen LogP contribution >= 0.6 is 0 Å². The van der Waals surface area contributed by atoms with E-state index in [4.69, 9.17) is 14.2 Å². The average Bonchev–Trinajstić information content (AvgIpc) is 3.03. The lowest BCUT2D eigenvalue weighted by atomic mass is 10.2. The molecule has 1 saturated heterocycles. The Bertz CT molecular complexity index is 444. The molecule has 4 nitrogen and oxygen atoms in total. The predicted molar refractivity (Wildman–Crippen MR) is 88.7 cm³/mol. The molecule has 0 saturated carbocycles. The van der Waals surface area contributed by atoms with Gasteiger partial charge >= 0.3 is 0 Å². The maximum Gasteiger partial charge on any atom is 0.161 e. The average molecular weight is 307 g/mol. The molecule has 0 spiro atoms. The summed E-state index contributed by atoms with van der Waals surface area (Å²) in [5, 5.41) is 3.46. The van der Waals surface area contributed by atoms with Crippen LogP contribution in [0.25, 0.3) is 0 Å². The molecule has 1 aliphatic heterocycles. The van der Waals surface area contributed by atoms with E-state index in [-0.39, 0.29) is 6.10 Å². The first kappa shape index (κ1) is 17.1. The second kappa shape index (κ2) is 9.01. The normalized spacial score (nSPS) is 19.1. The monoisotopic (exact) mass is 307 g/mol. The van der Waals surface area contributed by atoms with E-state index in [1.54, 1.807) is 0 Å². The number of hydrogen-bond acceptors (Lipinski definition) is 4. The van der Waals surface area contributed by atoms with Gasteiger partial charge in [0.05, 0.1) is 18.8 Å². The van der Waals surface area contributed by atoms with E-state index in [9.17, 15) is 0 Å². The summed E-state index contributed by atoms with van der Waals surface area (Å²) in [4.78, 5) is 0. The summed E-state index contributed by atoms with van der Waals surface area (Å²) in [6.07, 6.45) is 3.90. The van der Waals surface area contributed by atoms with Gasteiger partial charge in [0.1, 0.15) is 0 Å². The number of rotatable bonds is 9. The first-order valence-electron chi connectivity index (χ1n) is 8.47. The second-order valence-corrected chi connectivity index (χ2v) is 5.82. The van der Waals surface area contributed by atoms with Gasteiger partial charge < -0.3 is 19.5 Å². The Morgan fingerprint density at radius 3 is 2.86 bits per heavy atom. The predicted octanol–water partition coefficient (Wildman–Crippen LogP) is 3.53. The Hall–Kier alpha value is -1.26. The topological polar surface area (TPSA) is 39.7 Å². The van der Waals surface area contributed by atoms with Crippen molar-refractivity contribution in [3.05, 3.63) is 23.8 Å². The van der Waals surface area contributed by atoms with E-state index in [0.717, 1.165) is 37.6 Å². The summed E-state index contributed by atoms with van der Waals surface area (Å²) in [6, 6.07) is 6.19. The molecule has 0 amide bonds. The van der Waals surface area contributed by atoms with Crippen LogP contribution in [-0.4, -0.2) is 32.0 Å². The molecule has 1 aromatic rings. The van der Waals surface area contributed by atoms with Gasteiger partial charge in [-0.05, 0) is 50.8 Å². The molecule has 22 heavy (non-hydrogen) atoms. The molecule has 1 fully saturated rings. The highest BCUT2D eigenvalue weighted by molar-refractivity contribution is 5.43. The van der Waals surface area contributed by atoms with Gasteiger partial charge in [0.2, 0.25) is 0 Å². The first-order valence-corrected chi connectivity index (χ1v) is 8.47. The zero-order valence-corrected chi connectivity index (χ0v) is 14.1. The van der Waals surface area contributed by atoms with Crippen molar-refractivity contribution in [3.8, 4) is 11.5 Å². The minimum absolute atomic E-state index is 0.197. The quantitative estimate of drug-likeness (QED) is 0.757. The highest BCUT2D eigenvalue weighted by Gasteiger charge is 2.15.